The number of nitrogens with one attached hydrogen (secondary N) is 1. The minimum absolute atomic E-state index is 0.115. The van der Waals surface area contributed by atoms with E-state index in [0.717, 1.165) is 5.75 Å². The van der Waals surface area contributed by atoms with E-state index in [1.165, 1.54) is 12.3 Å². The number of thioether (sulfide) groups is 1. The third-order valence-electron chi connectivity index (χ3n) is 1.58. The molecule has 0 aromatic carbocycles. The first-order chi connectivity index (χ1) is 7.25. The van der Waals surface area contributed by atoms with E-state index in [1.807, 2.05) is 0 Å². The molecule has 0 radical (unpaired) electrons. The summed E-state index contributed by atoms with van der Waals surface area (Å²) in [7, 11) is 0. The fraction of sp³-hybridized carbons (Fsp3) is 0.300. The van der Waals surface area contributed by atoms with Gasteiger partial charge in [-0.25, -0.2) is 0 Å². The maximum absolute atomic E-state index is 11.5. The number of amides is 1. The second-order valence-corrected chi connectivity index (χ2v) is 4.07. The van der Waals surface area contributed by atoms with Crippen molar-refractivity contribution >= 4 is 29.3 Å². The van der Waals surface area contributed by atoms with Crippen molar-refractivity contribution in [3.63, 3.8) is 0 Å². The van der Waals surface area contributed by atoms with Gasteiger partial charge < -0.3 is 9.73 Å². The number of hydrogen-bond acceptors (Lipinski definition) is 3. The number of terminal acetylenes is 1. The molecule has 0 atom stereocenters. The van der Waals surface area contributed by atoms with Crippen LogP contribution in [0.2, 0.25) is 5.22 Å². The summed E-state index contributed by atoms with van der Waals surface area (Å²) in [5, 5.41) is 2.83. The third kappa shape index (κ3) is 3.90. The SMILES string of the molecule is C#CCSCCNC(=O)c1ccoc1Cl. The van der Waals surface area contributed by atoms with Gasteiger partial charge in [-0.2, -0.15) is 0 Å². The summed E-state index contributed by atoms with van der Waals surface area (Å²) in [5.74, 6) is 3.72. The van der Waals surface area contributed by atoms with Crippen LogP contribution in [0.15, 0.2) is 16.7 Å². The molecule has 1 rings (SSSR count). The molecule has 0 aliphatic rings. The second-order valence-electron chi connectivity index (χ2n) is 2.62. The highest BCUT2D eigenvalue weighted by Crippen LogP contribution is 2.15. The number of carbonyl (C=O) groups is 1. The molecule has 5 heteroatoms. The van der Waals surface area contributed by atoms with Gasteiger partial charge in [0.1, 0.15) is 0 Å². The molecular formula is C10H10ClNO2S. The van der Waals surface area contributed by atoms with Gasteiger partial charge in [0.25, 0.3) is 5.91 Å². The van der Waals surface area contributed by atoms with E-state index in [-0.39, 0.29) is 11.1 Å². The maximum atomic E-state index is 11.5. The van der Waals surface area contributed by atoms with Crippen LogP contribution >= 0.6 is 23.4 Å². The first kappa shape index (κ1) is 12.0. The van der Waals surface area contributed by atoms with Crippen LogP contribution < -0.4 is 5.32 Å². The molecule has 15 heavy (non-hydrogen) atoms. The van der Waals surface area contributed by atoms with Crippen LogP contribution in [-0.4, -0.2) is 24.0 Å². The Morgan fingerprint density at radius 3 is 3.13 bits per heavy atom. The lowest BCUT2D eigenvalue weighted by molar-refractivity contribution is 0.0956. The highest BCUT2D eigenvalue weighted by atomic mass is 35.5. The molecule has 0 saturated carbocycles. The molecule has 3 nitrogen and oxygen atoms in total. The van der Waals surface area contributed by atoms with Crippen LogP contribution in [0.5, 0.6) is 0 Å². The van der Waals surface area contributed by atoms with Gasteiger partial charge in [-0.15, -0.1) is 18.2 Å². The van der Waals surface area contributed by atoms with Crippen LogP contribution in [-0.2, 0) is 0 Å². The first-order valence-electron chi connectivity index (χ1n) is 4.28. The van der Waals surface area contributed by atoms with Crippen molar-refractivity contribution in [1.29, 1.82) is 0 Å². The molecule has 1 amide bonds. The van der Waals surface area contributed by atoms with Gasteiger partial charge in [-0.1, -0.05) is 5.92 Å². The Balaban J connectivity index is 2.26. The number of furan rings is 1. The van der Waals surface area contributed by atoms with E-state index in [2.05, 4.69) is 11.2 Å². The smallest absolute Gasteiger partial charge is 0.256 e. The molecule has 1 aromatic heterocycles. The van der Waals surface area contributed by atoms with Crippen LogP contribution in [0, 0.1) is 12.3 Å². The summed E-state index contributed by atoms with van der Waals surface area (Å²) < 4.78 is 4.80. The van der Waals surface area contributed by atoms with Gasteiger partial charge >= 0.3 is 0 Å². The molecule has 0 saturated heterocycles. The molecule has 1 N–H and O–H groups in total. The molecule has 0 aliphatic heterocycles. The molecule has 0 spiro atoms. The van der Waals surface area contributed by atoms with Gasteiger partial charge in [0, 0.05) is 12.3 Å². The Labute approximate surface area is 97.6 Å². The number of hydrogen-bond donors (Lipinski definition) is 1. The fourth-order valence-corrected chi connectivity index (χ4v) is 1.63. The van der Waals surface area contributed by atoms with Crippen molar-refractivity contribution < 1.29 is 9.21 Å². The van der Waals surface area contributed by atoms with E-state index < -0.39 is 0 Å². The Kier molecular flexibility index (Phi) is 5.16. The summed E-state index contributed by atoms with van der Waals surface area (Å²) >= 11 is 7.23. The maximum Gasteiger partial charge on any atom is 0.256 e. The average molecular weight is 244 g/mol. The van der Waals surface area contributed by atoms with Crippen molar-refractivity contribution in [2.24, 2.45) is 0 Å². The zero-order valence-corrected chi connectivity index (χ0v) is 9.53. The van der Waals surface area contributed by atoms with E-state index in [0.29, 0.717) is 17.9 Å². The summed E-state index contributed by atoms with van der Waals surface area (Å²) in [5.41, 5.74) is 0.360. The third-order valence-corrected chi connectivity index (χ3v) is 2.74. The Bertz CT molecular complexity index is 370. The topological polar surface area (TPSA) is 42.2 Å². The highest BCUT2D eigenvalue weighted by molar-refractivity contribution is 7.99. The first-order valence-corrected chi connectivity index (χ1v) is 5.81. The minimum Gasteiger partial charge on any atom is -0.452 e. The fourth-order valence-electron chi connectivity index (χ4n) is 0.919. The van der Waals surface area contributed by atoms with Crippen molar-refractivity contribution in [1.82, 2.24) is 5.32 Å². The molecule has 0 aliphatic carbocycles. The number of carbonyl (C=O) groups excluding carboxylic acids is 1. The average Bonchev–Trinajstić information content (AvgIpc) is 2.64. The molecule has 0 unspecified atom stereocenters. The lowest BCUT2D eigenvalue weighted by Gasteiger charge is -2.02. The summed E-state index contributed by atoms with van der Waals surface area (Å²) in [6, 6.07) is 1.53. The Hall–Kier alpha value is -1.05. The lowest BCUT2D eigenvalue weighted by atomic mass is 10.3. The van der Waals surface area contributed by atoms with Crippen LogP contribution in [0.25, 0.3) is 0 Å². The highest BCUT2D eigenvalue weighted by Gasteiger charge is 2.11. The van der Waals surface area contributed by atoms with Crippen LogP contribution in [0.3, 0.4) is 0 Å². The predicted molar refractivity (Wildman–Crippen MR) is 62.2 cm³/mol. The Morgan fingerprint density at radius 2 is 2.53 bits per heavy atom. The van der Waals surface area contributed by atoms with Gasteiger partial charge in [-0.05, 0) is 17.7 Å². The van der Waals surface area contributed by atoms with Gasteiger partial charge in [0.05, 0.1) is 17.6 Å². The largest absolute Gasteiger partial charge is 0.452 e. The van der Waals surface area contributed by atoms with E-state index in [1.54, 1.807) is 11.8 Å². The van der Waals surface area contributed by atoms with Crippen molar-refractivity contribution in [3.8, 4) is 12.3 Å². The van der Waals surface area contributed by atoms with Crippen molar-refractivity contribution in [3.05, 3.63) is 23.1 Å². The molecule has 1 heterocycles. The van der Waals surface area contributed by atoms with Crippen LogP contribution in [0.4, 0.5) is 0 Å². The monoisotopic (exact) mass is 243 g/mol. The number of halogens is 1. The standard InChI is InChI=1S/C10H10ClNO2S/c1-2-6-15-7-4-12-10(13)8-3-5-14-9(8)11/h1,3,5H,4,6-7H2,(H,12,13). The molecule has 0 bridgehead atoms. The zero-order chi connectivity index (χ0) is 11.1. The minimum atomic E-state index is -0.227. The van der Waals surface area contributed by atoms with Crippen molar-refractivity contribution in [2.75, 3.05) is 18.1 Å². The summed E-state index contributed by atoms with van der Waals surface area (Å²) in [4.78, 5) is 11.5. The lowest BCUT2D eigenvalue weighted by Crippen LogP contribution is -2.25. The molecule has 80 valence electrons. The van der Waals surface area contributed by atoms with E-state index >= 15 is 0 Å². The molecular weight excluding hydrogens is 234 g/mol. The molecule has 0 fully saturated rings. The predicted octanol–water partition coefficient (Wildman–Crippen LogP) is 2.03. The second kappa shape index (κ2) is 6.44. The number of rotatable bonds is 5. The summed E-state index contributed by atoms with van der Waals surface area (Å²) in [6.07, 6.45) is 6.46. The Morgan fingerprint density at radius 1 is 1.73 bits per heavy atom. The van der Waals surface area contributed by atoms with Crippen LogP contribution in [0.1, 0.15) is 10.4 Å². The van der Waals surface area contributed by atoms with Gasteiger partial charge in [-0.3, -0.25) is 4.79 Å². The van der Waals surface area contributed by atoms with Gasteiger partial charge in [0.15, 0.2) is 0 Å². The van der Waals surface area contributed by atoms with E-state index in [4.69, 9.17) is 22.4 Å². The van der Waals surface area contributed by atoms with E-state index in [9.17, 15) is 4.79 Å². The summed E-state index contributed by atoms with van der Waals surface area (Å²) in [6.45, 7) is 0.562. The molecule has 1 aromatic rings. The quantitative estimate of drug-likeness (QED) is 0.636. The normalized spacial score (nSPS) is 9.60. The zero-order valence-electron chi connectivity index (χ0n) is 7.96. The van der Waals surface area contributed by atoms with Crippen molar-refractivity contribution in [2.45, 2.75) is 0 Å². The van der Waals surface area contributed by atoms with Gasteiger partial charge in [0.2, 0.25) is 5.22 Å².